The van der Waals surface area contributed by atoms with Crippen LogP contribution in [0.3, 0.4) is 0 Å². The summed E-state index contributed by atoms with van der Waals surface area (Å²) in [6.45, 7) is 1.78. The van der Waals surface area contributed by atoms with E-state index in [-0.39, 0.29) is 6.10 Å². The number of carbonyl (C=O) groups excluding carboxylic acids is 1. The Morgan fingerprint density at radius 3 is 2.90 bits per heavy atom. The van der Waals surface area contributed by atoms with E-state index in [0.29, 0.717) is 6.42 Å². The molecule has 1 aliphatic heterocycles. The first-order chi connectivity index (χ1) is 4.72. The van der Waals surface area contributed by atoms with Gasteiger partial charge in [-0.3, -0.25) is 0 Å². The van der Waals surface area contributed by atoms with Crippen LogP contribution in [0.1, 0.15) is 13.3 Å². The van der Waals surface area contributed by atoms with E-state index in [1.807, 2.05) is 0 Å². The van der Waals surface area contributed by atoms with Crippen molar-refractivity contribution in [1.82, 2.24) is 0 Å². The van der Waals surface area contributed by atoms with Crippen molar-refractivity contribution < 1.29 is 14.3 Å². The van der Waals surface area contributed by atoms with Crippen LogP contribution < -0.4 is 0 Å². The predicted molar refractivity (Wildman–Crippen MR) is 34.3 cm³/mol. The van der Waals surface area contributed by atoms with E-state index >= 15 is 0 Å². The molecule has 0 radical (unpaired) electrons. The van der Waals surface area contributed by atoms with Crippen LogP contribution in [0, 0.1) is 12.3 Å². The summed E-state index contributed by atoms with van der Waals surface area (Å²) < 4.78 is 9.27. The van der Waals surface area contributed by atoms with Crippen LogP contribution >= 0.6 is 0 Å². The Bertz CT molecular complexity index is 180. The summed E-state index contributed by atoms with van der Waals surface area (Å²) in [4.78, 5) is 10.5. The molecule has 0 aromatic carbocycles. The van der Waals surface area contributed by atoms with Gasteiger partial charge >= 0.3 is 6.16 Å². The molecule has 1 aliphatic rings. The minimum absolute atomic E-state index is 0.123. The Morgan fingerprint density at radius 1 is 1.70 bits per heavy atom. The van der Waals surface area contributed by atoms with E-state index in [1.165, 1.54) is 0 Å². The highest BCUT2D eigenvalue weighted by molar-refractivity contribution is 5.61. The molecular formula is C7H8O3. The summed E-state index contributed by atoms with van der Waals surface area (Å²) in [6, 6.07) is 0. The summed E-state index contributed by atoms with van der Waals surface area (Å²) in [7, 11) is 0. The van der Waals surface area contributed by atoms with Crippen LogP contribution in [0.15, 0.2) is 0 Å². The van der Waals surface area contributed by atoms with Crippen molar-refractivity contribution in [3.8, 4) is 12.3 Å². The van der Waals surface area contributed by atoms with Gasteiger partial charge in [0.15, 0.2) is 6.10 Å². The van der Waals surface area contributed by atoms with Crippen molar-refractivity contribution >= 4 is 6.16 Å². The average molecular weight is 140 g/mol. The first-order valence-corrected chi connectivity index (χ1v) is 3.05. The Labute approximate surface area is 59.3 Å². The Hall–Kier alpha value is -1.17. The number of carbonyl (C=O) groups is 1. The molecule has 0 saturated carbocycles. The molecular weight excluding hydrogens is 132 g/mol. The second-order valence-corrected chi connectivity index (χ2v) is 2.19. The summed E-state index contributed by atoms with van der Waals surface area (Å²) >= 11 is 0. The minimum atomic E-state index is -0.665. The van der Waals surface area contributed by atoms with Gasteiger partial charge in [-0.25, -0.2) is 4.79 Å². The molecule has 0 aromatic rings. The summed E-state index contributed by atoms with van der Waals surface area (Å²) in [5.41, 5.74) is 0. The van der Waals surface area contributed by atoms with Crippen molar-refractivity contribution in [2.24, 2.45) is 0 Å². The Kier molecular flexibility index (Phi) is 1.81. The minimum Gasteiger partial charge on any atom is -0.431 e. The Balaban J connectivity index is 2.52. The number of hydrogen-bond acceptors (Lipinski definition) is 3. The fourth-order valence-corrected chi connectivity index (χ4v) is 0.808. The van der Waals surface area contributed by atoms with Crippen LogP contribution in [0.2, 0.25) is 0 Å². The molecule has 1 fully saturated rings. The van der Waals surface area contributed by atoms with E-state index in [1.54, 1.807) is 6.92 Å². The molecule has 54 valence electrons. The highest BCUT2D eigenvalue weighted by Crippen LogP contribution is 2.13. The number of hydrogen-bond donors (Lipinski definition) is 0. The van der Waals surface area contributed by atoms with Crippen LogP contribution in [-0.4, -0.2) is 18.4 Å². The second kappa shape index (κ2) is 2.61. The normalized spacial score (nSPS) is 31.8. The highest BCUT2D eigenvalue weighted by Gasteiger charge is 2.24. The highest BCUT2D eigenvalue weighted by atomic mass is 16.7. The molecule has 0 amide bonds. The fourth-order valence-electron chi connectivity index (χ4n) is 0.808. The number of ether oxygens (including phenoxy) is 2. The summed E-state index contributed by atoms with van der Waals surface area (Å²) in [6.07, 6.45) is 4.44. The summed E-state index contributed by atoms with van der Waals surface area (Å²) in [5.74, 6) is 2.34. The van der Waals surface area contributed by atoms with Gasteiger partial charge < -0.3 is 9.47 Å². The Morgan fingerprint density at radius 2 is 2.40 bits per heavy atom. The lowest BCUT2D eigenvalue weighted by atomic mass is 10.2. The van der Waals surface area contributed by atoms with Crippen molar-refractivity contribution in [1.29, 1.82) is 0 Å². The van der Waals surface area contributed by atoms with Gasteiger partial charge in [0.2, 0.25) is 0 Å². The molecule has 1 saturated heterocycles. The molecule has 1 heterocycles. The van der Waals surface area contributed by atoms with E-state index in [9.17, 15) is 4.79 Å². The van der Waals surface area contributed by atoms with E-state index in [2.05, 4.69) is 15.4 Å². The molecule has 1 rings (SSSR count). The third-order valence-electron chi connectivity index (χ3n) is 1.27. The zero-order chi connectivity index (χ0) is 7.56. The lowest BCUT2D eigenvalue weighted by Gasteiger charge is -2.22. The second-order valence-electron chi connectivity index (χ2n) is 2.19. The molecule has 0 aromatic heterocycles. The van der Waals surface area contributed by atoms with Crippen molar-refractivity contribution in [3.63, 3.8) is 0 Å². The van der Waals surface area contributed by atoms with Gasteiger partial charge in [-0.15, -0.1) is 6.42 Å². The van der Waals surface area contributed by atoms with Gasteiger partial charge in [0.05, 0.1) is 0 Å². The van der Waals surface area contributed by atoms with Crippen LogP contribution in [-0.2, 0) is 9.47 Å². The van der Waals surface area contributed by atoms with Gasteiger partial charge in [-0.1, -0.05) is 5.92 Å². The average Bonchev–Trinajstić information content (AvgIpc) is 1.85. The zero-order valence-corrected chi connectivity index (χ0v) is 5.66. The van der Waals surface area contributed by atoms with Gasteiger partial charge in [0.25, 0.3) is 0 Å². The SMILES string of the molecule is C#CC1CC(C)OC(=O)O1. The van der Waals surface area contributed by atoms with Crippen molar-refractivity contribution in [2.45, 2.75) is 25.6 Å². The van der Waals surface area contributed by atoms with Crippen LogP contribution in [0.5, 0.6) is 0 Å². The fraction of sp³-hybridized carbons (Fsp3) is 0.571. The lowest BCUT2D eigenvalue weighted by molar-refractivity contribution is -0.0356. The van der Waals surface area contributed by atoms with Gasteiger partial charge in [-0.2, -0.15) is 0 Å². The molecule has 2 atom stereocenters. The molecule has 0 aliphatic carbocycles. The molecule has 2 unspecified atom stereocenters. The monoisotopic (exact) mass is 140 g/mol. The molecule has 10 heavy (non-hydrogen) atoms. The zero-order valence-electron chi connectivity index (χ0n) is 5.66. The largest absolute Gasteiger partial charge is 0.509 e. The van der Waals surface area contributed by atoms with Gasteiger partial charge in [0, 0.05) is 6.42 Å². The number of rotatable bonds is 0. The third kappa shape index (κ3) is 1.41. The quantitative estimate of drug-likeness (QED) is 0.371. The topological polar surface area (TPSA) is 35.5 Å². The molecule has 0 N–H and O–H groups in total. The molecule has 3 heteroatoms. The maximum absolute atomic E-state index is 10.5. The van der Waals surface area contributed by atoms with Crippen molar-refractivity contribution in [2.75, 3.05) is 0 Å². The molecule has 0 bridgehead atoms. The molecule has 0 spiro atoms. The number of cyclic esters (lactones) is 2. The first kappa shape index (κ1) is 6.94. The number of terminal acetylenes is 1. The van der Waals surface area contributed by atoms with Crippen LogP contribution in [0.4, 0.5) is 4.79 Å². The van der Waals surface area contributed by atoms with E-state index < -0.39 is 12.3 Å². The lowest BCUT2D eigenvalue weighted by Crippen LogP contribution is -2.31. The van der Waals surface area contributed by atoms with Gasteiger partial charge in [0.1, 0.15) is 6.10 Å². The van der Waals surface area contributed by atoms with E-state index in [4.69, 9.17) is 6.42 Å². The van der Waals surface area contributed by atoms with Gasteiger partial charge in [-0.05, 0) is 6.92 Å². The summed E-state index contributed by atoms with van der Waals surface area (Å²) in [5, 5.41) is 0. The maximum Gasteiger partial charge on any atom is 0.509 e. The first-order valence-electron chi connectivity index (χ1n) is 3.05. The van der Waals surface area contributed by atoms with E-state index in [0.717, 1.165) is 0 Å². The predicted octanol–water partition coefficient (Wildman–Crippen LogP) is 0.934. The smallest absolute Gasteiger partial charge is 0.431 e. The van der Waals surface area contributed by atoms with Crippen molar-refractivity contribution in [3.05, 3.63) is 0 Å². The standard InChI is InChI=1S/C7H8O3/c1-3-6-4-5(2)9-7(8)10-6/h1,5-6H,4H2,2H3. The molecule has 3 nitrogen and oxygen atoms in total. The van der Waals surface area contributed by atoms with Crippen LogP contribution in [0.25, 0.3) is 0 Å². The maximum atomic E-state index is 10.5. The third-order valence-corrected chi connectivity index (χ3v) is 1.27.